The van der Waals surface area contributed by atoms with E-state index in [9.17, 15) is 0 Å². The molecule has 0 amide bonds. The van der Waals surface area contributed by atoms with Gasteiger partial charge < -0.3 is 9.47 Å². The highest BCUT2D eigenvalue weighted by atomic mass is 16.5. The van der Waals surface area contributed by atoms with Crippen LogP contribution in [0.25, 0.3) is 10.8 Å². The third-order valence-electron chi connectivity index (χ3n) is 6.35. The molecule has 0 spiro atoms. The minimum atomic E-state index is 0.803. The van der Waals surface area contributed by atoms with E-state index >= 15 is 0 Å². The summed E-state index contributed by atoms with van der Waals surface area (Å²) in [5.74, 6) is 1.98. The first kappa shape index (κ1) is 26.6. The molecule has 2 aromatic carbocycles. The first-order valence-corrected chi connectivity index (χ1v) is 13.6. The molecular formula is C30H48O2. The molecule has 0 unspecified atom stereocenters. The average Bonchev–Trinajstić information content (AvgIpc) is 2.82. The number of ether oxygens (including phenoxy) is 2. The van der Waals surface area contributed by atoms with Gasteiger partial charge in [0, 0.05) is 10.8 Å². The summed E-state index contributed by atoms with van der Waals surface area (Å²) < 4.78 is 12.3. The van der Waals surface area contributed by atoms with Crippen molar-refractivity contribution in [1.29, 1.82) is 0 Å². The standard InChI is InChI=1S/C30H48O2/c1-3-5-7-9-11-13-15-19-25-31-29-23-24-30(28-22-18-17-21-27(28)29)32-26-20-16-14-12-10-8-6-4-2/h17-18,21-24H,3-16,19-20,25-26H2,1-2H3. The lowest BCUT2D eigenvalue weighted by molar-refractivity contribution is 0.301. The Labute approximate surface area is 198 Å². The van der Waals surface area contributed by atoms with E-state index in [1.165, 1.54) is 101 Å². The monoisotopic (exact) mass is 440 g/mol. The number of benzene rings is 2. The van der Waals surface area contributed by atoms with Crippen molar-refractivity contribution < 1.29 is 9.47 Å². The fourth-order valence-electron chi connectivity index (χ4n) is 4.33. The van der Waals surface area contributed by atoms with E-state index in [4.69, 9.17) is 9.47 Å². The van der Waals surface area contributed by atoms with Gasteiger partial charge in [0.15, 0.2) is 0 Å². The van der Waals surface area contributed by atoms with Gasteiger partial charge in [-0.1, -0.05) is 128 Å². The lowest BCUT2D eigenvalue weighted by Crippen LogP contribution is -2.00. The molecule has 2 aromatic rings. The van der Waals surface area contributed by atoms with Crippen molar-refractivity contribution >= 4 is 10.8 Å². The van der Waals surface area contributed by atoms with Gasteiger partial charge in [0.2, 0.25) is 0 Å². The second-order valence-electron chi connectivity index (χ2n) is 9.25. The molecule has 0 saturated carbocycles. The molecule has 0 N–H and O–H groups in total. The maximum Gasteiger partial charge on any atom is 0.127 e. The topological polar surface area (TPSA) is 18.5 Å². The SMILES string of the molecule is CCCCCCCCCCOc1ccc(OCCCCCCCCCC)c2ccccc12. The summed E-state index contributed by atoms with van der Waals surface area (Å²) in [5.41, 5.74) is 0. The zero-order valence-corrected chi connectivity index (χ0v) is 21.0. The van der Waals surface area contributed by atoms with Crippen LogP contribution >= 0.6 is 0 Å². The molecule has 180 valence electrons. The van der Waals surface area contributed by atoms with Gasteiger partial charge in [-0.25, -0.2) is 0 Å². The van der Waals surface area contributed by atoms with Crippen molar-refractivity contribution in [3.8, 4) is 11.5 Å². The summed E-state index contributed by atoms with van der Waals surface area (Å²) in [7, 11) is 0. The van der Waals surface area contributed by atoms with Gasteiger partial charge in [-0.15, -0.1) is 0 Å². The zero-order chi connectivity index (χ0) is 22.7. The molecule has 0 atom stereocenters. The predicted molar refractivity (Wildman–Crippen MR) is 140 cm³/mol. The molecule has 2 heteroatoms. The predicted octanol–water partition coefficient (Wildman–Crippen LogP) is 9.88. The van der Waals surface area contributed by atoms with Gasteiger partial charge in [-0.05, 0) is 25.0 Å². The molecule has 0 heterocycles. The molecule has 32 heavy (non-hydrogen) atoms. The van der Waals surface area contributed by atoms with Gasteiger partial charge in [0.1, 0.15) is 11.5 Å². The van der Waals surface area contributed by atoms with E-state index in [0.29, 0.717) is 0 Å². The van der Waals surface area contributed by atoms with Crippen LogP contribution in [0.5, 0.6) is 11.5 Å². The molecule has 0 aromatic heterocycles. The summed E-state index contributed by atoms with van der Waals surface area (Å²) in [5, 5.41) is 2.33. The summed E-state index contributed by atoms with van der Waals surface area (Å²) >= 11 is 0. The van der Waals surface area contributed by atoms with Crippen molar-refractivity contribution in [2.75, 3.05) is 13.2 Å². The van der Waals surface area contributed by atoms with Crippen LogP contribution in [0.3, 0.4) is 0 Å². The van der Waals surface area contributed by atoms with E-state index in [2.05, 4.69) is 50.2 Å². The number of unbranched alkanes of at least 4 members (excludes halogenated alkanes) is 14. The summed E-state index contributed by atoms with van der Waals surface area (Å²) in [6.07, 6.45) is 21.2. The fraction of sp³-hybridized carbons (Fsp3) is 0.667. The van der Waals surface area contributed by atoms with E-state index in [0.717, 1.165) is 37.6 Å². The van der Waals surface area contributed by atoms with Crippen molar-refractivity contribution in [3.63, 3.8) is 0 Å². The van der Waals surface area contributed by atoms with Crippen LogP contribution in [0, 0.1) is 0 Å². The van der Waals surface area contributed by atoms with Gasteiger partial charge in [0.05, 0.1) is 13.2 Å². The molecule has 2 nitrogen and oxygen atoms in total. The molecule has 0 saturated heterocycles. The van der Waals surface area contributed by atoms with Crippen molar-refractivity contribution in [1.82, 2.24) is 0 Å². The highest BCUT2D eigenvalue weighted by Crippen LogP contribution is 2.33. The van der Waals surface area contributed by atoms with Crippen LogP contribution in [0.2, 0.25) is 0 Å². The average molecular weight is 441 g/mol. The number of hydrogen-bond acceptors (Lipinski definition) is 2. The first-order valence-electron chi connectivity index (χ1n) is 13.6. The zero-order valence-electron chi connectivity index (χ0n) is 21.0. The minimum absolute atomic E-state index is 0.803. The molecule has 0 fully saturated rings. The number of hydrogen-bond donors (Lipinski definition) is 0. The lowest BCUT2D eigenvalue weighted by Gasteiger charge is -2.13. The maximum atomic E-state index is 6.16. The summed E-state index contributed by atoms with van der Waals surface area (Å²) in [6, 6.07) is 12.7. The van der Waals surface area contributed by atoms with E-state index in [1.807, 2.05) is 0 Å². The first-order chi connectivity index (χ1) is 15.9. The van der Waals surface area contributed by atoms with E-state index < -0.39 is 0 Å². The largest absolute Gasteiger partial charge is 0.493 e. The molecule has 0 radical (unpaired) electrons. The maximum absolute atomic E-state index is 6.16. The molecule has 0 aliphatic carbocycles. The van der Waals surface area contributed by atoms with Gasteiger partial charge >= 0.3 is 0 Å². The van der Waals surface area contributed by atoms with Gasteiger partial charge in [-0.3, -0.25) is 0 Å². The van der Waals surface area contributed by atoms with Crippen LogP contribution in [-0.2, 0) is 0 Å². The third-order valence-corrected chi connectivity index (χ3v) is 6.35. The summed E-state index contributed by atoms with van der Waals surface area (Å²) in [4.78, 5) is 0. The smallest absolute Gasteiger partial charge is 0.127 e. The molecular weight excluding hydrogens is 392 g/mol. The van der Waals surface area contributed by atoms with Crippen LogP contribution in [0.1, 0.15) is 117 Å². The Bertz CT molecular complexity index is 649. The second-order valence-corrected chi connectivity index (χ2v) is 9.25. The highest BCUT2D eigenvalue weighted by molar-refractivity contribution is 5.93. The highest BCUT2D eigenvalue weighted by Gasteiger charge is 2.08. The van der Waals surface area contributed by atoms with Crippen LogP contribution < -0.4 is 9.47 Å². The Kier molecular flexibility index (Phi) is 14.8. The Morgan fingerprint density at radius 1 is 0.438 bits per heavy atom. The van der Waals surface area contributed by atoms with E-state index in [1.54, 1.807) is 0 Å². The van der Waals surface area contributed by atoms with Crippen molar-refractivity contribution in [2.24, 2.45) is 0 Å². The molecule has 2 rings (SSSR count). The number of fused-ring (bicyclic) bond motifs is 1. The fourth-order valence-corrected chi connectivity index (χ4v) is 4.33. The third kappa shape index (κ3) is 10.7. The quantitative estimate of drug-likeness (QED) is 0.191. The Balaban J connectivity index is 1.69. The van der Waals surface area contributed by atoms with Crippen molar-refractivity contribution in [3.05, 3.63) is 36.4 Å². The molecule has 0 bridgehead atoms. The lowest BCUT2D eigenvalue weighted by atomic mass is 10.1. The Morgan fingerprint density at radius 2 is 0.781 bits per heavy atom. The Morgan fingerprint density at radius 3 is 1.16 bits per heavy atom. The second kappa shape index (κ2) is 17.8. The van der Waals surface area contributed by atoms with Crippen LogP contribution in [0.15, 0.2) is 36.4 Å². The molecule has 0 aliphatic rings. The summed E-state index contributed by atoms with van der Waals surface area (Å²) in [6.45, 7) is 6.16. The normalized spacial score (nSPS) is 11.2. The van der Waals surface area contributed by atoms with E-state index in [-0.39, 0.29) is 0 Å². The number of rotatable bonds is 20. The van der Waals surface area contributed by atoms with Gasteiger partial charge in [-0.2, -0.15) is 0 Å². The Hall–Kier alpha value is -1.70. The van der Waals surface area contributed by atoms with Crippen LogP contribution in [0.4, 0.5) is 0 Å². The minimum Gasteiger partial charge on any atom is -0.493 e. The van der Waals surface area contributed by atoms with Crippen molar-refractivity contribution in [2.45, 2.75) is 117 Å². The van der Waals surface area contributed by atoms with Crippen LogP contribution in [-0.4, -0.2) is 13.2 Å². The van der Waals surface area contributed by atoms with Gasteiger partial charge in [0.25, 0.3) is 0 Å². The molecule has 0 aliphatic heterocycles.